The zero-order valence-corrected chi connectivity index (χ0v) is 10.8. The van der Waals surface area contributed by atoms with Gasteiger partial charge in [-0.05, 0) is 18.6 Å². The highest BCUT2D eigenvalue weighted by Gasteiger charge is 2.11. The Bertz CT molecular complexity index is 529. The van der Waals surface area contributed by atoms with Crippen molar-refractivity contribution >= 4 is 5.65 Å². The average molecular weight is 245 g/mol. The molecule has 0 aliphatic carbocycles. The van der Waals surface area contributed by atoms with Crippen LogP contribution in [0.3, 0.4) is 0 Å². The average Bonchev–Trinajstić information content (AvgIpc) is 2.82. The van der Waals surface area contributed by atoms with E-state index in [0.717, 1.165) is 44.9 Å². The molecule has 1 saturated heterocycles. The van der Waals surface area contributed by atoms with Crippen molar-refractivity contribution in [3.63, 3.8) is 0 Å². The van der Waals surface area contributed by atoms with Gasteiger partial charge < -0.3 is 9.14 Å². The molecule has 0 spiro atoms. The van der Waals surface area contributed by atoms with Crippen molar-refractivity contribution in [1.29, 1.82) is 0 Å². The van der Waals surface area contributed by atoms with E-state index in [4.69, 9.17) is 9.72 Å². The molecule has 0 unspecified atom stereocenters. The van der Waals surface area contributed by atoms with Gasteiger partial charge in [0.1, 0.15) is 5.65 Å². The summed E-state index contributed by atoms with van der Waals surface area (Å²) in [4.78, 5) is 7.15. The molecule has 0 aromatic carbocycles. The third kappa shape index (κ3) is 2.40. The number of aryl methyl sites for hydroxylation is 1. The van der Waals surface area contributed by atoms with Crippen molar-refractivity contribution in [2.75, 3.05) is 32.8 Å². The predicted molar refractivity (Wildman–Crippen MR) is 70.9 cm³/mol. The normalized spacial score (nSPS) is 17.4. The number of rotatable bonds is 3. The van der Waals surface area contributed by atoms with Gasteiger partial charge in [-0.1, -0.05) is 6.07 Å². The summed E-state index contributed by atoms with van der Waals surface area (Å²) in [5, 5.41) is 0. The third-order valence-corrected chi connectivity index (χ3v) is 3.52. The van der Waals surface area contributed by atoms with Crippen LogP contribution in [0.1, 0.15) is 11.3 Å². The molecular weight excluding hydrogens is 226 g/mol. The van der Waals surface area contributed by atoms with Gasteiger partial charge in [-0.2, -0.15) is 0 Å². The van der Waals surface area contributed by atoms with Crippen LogP contribution in [0.25, 0.3) is 5.65 Å². The molecule has 0 atom stereocenters. The molecule has 2 aromatic heterocycles. The van der Waals surface area contributed by atoms with Crippen LogP contribution < -0.4 is 0 Å². The van der Waals surface area contributed by atoms with Gasteiger partial charge in [-0.15, -0.1) is 0 Å². The fourth-order valence-corrected chi connectivity index (χ4v) is 2.42. The molecule has 96 valence electrons. The highest BCUT2D eigenvalue weighted by Crippen LogP contribution is 2.10. The zero-order valence-electron chi connectivity index (χ0n) is 10.8. The van der Waals surface area contributed by atoms with Crippen LogP contribution in [-0.2, 0) is 11.2 Å². The number of ether oxygens (including phenoxy) is 1. The molecule has 2 aromatic rings. The Hall–Kier alpha value is -1.39. The number of hydrogen-bond donors (Lipinski definition) is 0. The van der Waals surface area contributed by atoms with Gasteiger partial charge in [0.05, 0.1) is 18.9 Å². The van der Waals surface area contributed by atoms with E-state index >= 15 is 0 Å². The Kier molecular flexibility index (Phi) is 3.30. The van der Waals surface area contributed by atoms with Gasteiger partial charge in [-0.25, -0.2) is 4.98 Å². The lowest BCUT2D eigenvalue weighted by Gasteiger charge is -2.26. The van der Waals surface area contributed by atoms with E-state index in [0.29, 0.717) is 0 Å². The van der Waals surface area contributed by atoms with Crippen molar-refractivity contribution in [2.24, 2.45) is 0 Å². The number of morpholine rings is 1. The standard InChI is InChI=1S/C14H19N3O/c1-12-3-2-5-17-11-13(15-14(12)17)4-6-16-7-9-18-10-8-16/h2-3,5,11H,4,6-10H2,1H3. The molecule has 1 aliphatic rings. The van der Waals surface area contributed by atoms with Gasteiger partial charge in [0, 0.05) is 38.4 Å². The lowest BCUT2D eigenvalue weighted by Crippen LogP contribution is -2.37. The van der Waals surface area contributed by atoms with Gasteiger partial charge in [0.2, 0.25) is 0 Å². The Balaban J connectivity index is 1.69. The maximum Gasteiger partial charge on any atom is 0.139 e. The number of aromatic nitrogens is 2. The summed E-state index contributed by atoms with van der Waals surface area (Å²) in [5.74, 6) is 0. The van der Waals surface area contributed by atoms with Crippen LogP contribution in [0.2, 0.25) is 0 Å². The molecule has 1 fully saturated rings. The van der Waals surface area contributed by atoms with Crippen molar-refractivity contribution in [3.8, 4) is 0 Å². The summed E-state index contributed by atoms with van der Waals surface area (Å²) in [7, 11) is 0. The molecular formula is C14H19N3O. The quantitative estimate of drug-likeness (QED) is 0.821. The lowest BCUT2D eigenvalue weighted by molar-refractivity contribution is 0.0383. The molecule has 0 N–H and O–H groups in total. The van der Waals surface area contributed by atoms with E-state index in [1.165, 1.54) is 11.3 Å². The Morgan fingerprint density at radius 3 is 2.94 bits per heavy atom. The molecule has 4 heteroatoms. The van der Waals surface area contributed by atoms with Crippen molar-refractivity contribution in [1.82, 2.24) is 14.3 Å². The molecule has 0 saturated carbocycles. The van der Waals surface area contributed by atoms with Gasteiger partial charge in [0.25, 0.3) is 0 Å². The minimum absolute atomic E-state index is 0.865. The second-order valence-corrected chi connectivity index (χ2v) is 4.86. The summed E-state index contributed by atoms with van der Waals surface area (Å²) < 4.78 is 7.47. The number of nitrogens with zero attached hydrogens (tertiary/aromatic N) is 3. The SMILES string of the molecule is Cc1cccn2cc(CCN3CCOCC3)nc12. The van der Waals surface area contributed by atoms with E-state index in [1.54, 1.807) is 0 Å². The maximum atomic E-state index is 5.35. The Morgan fingerprint density at radius 1 is 1.33 bits per heavy atom. The number of hydrogen-bond acceptors (Lipinski definition) is 3. The Morgan fingerprint density at radius 2 is 2.17 bits per heavy atom. The van der Waals surface area contributed by atoms with Gasteiger partial charge in [0.15, 0.2) is 0 Å². The van der Waals surface area contributed by atoms with Crippen molar-refractivity contribution in [2.45, 2.75) is 13.3 Å². The largest absolute Gasteiger partial charge is 0.379 e. The van der Waals surface area contributed by atoms with Crippen molar-refractivity contribution < 1.29 is 4.74 Å². The Labute approximate surface area is 107 Å². The molecule has 3 rings (SSSR count). The van der Waals surface area contributed by atoms with Crippen LogP contribution in [0.5, 0.6) is 0 Å². The minimum atomic E-state index is 0.865. The van der Waals surface area contributed by atoms with Crippen LogP contribution in [0.15, 0.2) is 24.5 Å². The van der Waals surface area contributed by atoms with Crippen LogP contribution in [0.4, 0.5) is 0 Å². The number of fused-ring (bicyclic) bond motifs is 1. The van der Waals surface area contributed by atoms with Crippen LogP contribution >= 0.6 is 0 Å². The predicted octanol–water partition coefficient (Wildman–Crippen LogP) is 1.52. The molecule has 3 heterocycles. The first kappa shape index (κ1) is 11.7. The van der Waals surface area contributed by atoms with Crippen LogP contribution in [-0.4, -0.2) is 47.1 Å². The van der Waals surface area contributed by atoms with Gasteiger partial charge >= 0.3 is 0 Å². The second-order valence-electron chi connectivity index (χ2n) is 4.86. The summed E-state index contributed by atoms with van der Waals surface area (Å²) in [6.45, 7) is 7.01. The first-order valence-corrected chi connectivity index (χ1v) is 6.56. The minimum Gasteiger partial charge on any atom is -0.379 e. The highest BCUT2D eigenvalue weighted by molar-refractivity contribution is 5.47. The molecule has 0 bridgehead atoms. The topological polar surface area (TPSA) is 29.8 Å². The smallest absolute Gasteiger partial charge is 0.139 e. The van der Waals surface area contributed by atoms with Crippen molar-refractivity contribution in [3.05, 3.63) is 35.8 Å². The van der Waals surface area contributed by atoms with Crippen LogP contribution in [0, 0.1) is 6.92 Å². The molecule has 4 nitrogen and oxygen atoms in total. The lowest BCUT2D eigenvalue weighted by atomic mass is 10.3. The van der Waals surface area contributed by atoms with E-state index in [1.807, 2.05) is 0 Å². The monoisotopic (exact) mass is 245 g/mol. The fourth-order valence-electron chi connectivity index (χ4n) is 2.42. The van der Waals surface area contributed by atoms with E-state index in [2.05, 4.69) is 40.8 Å². The summed E-state index contributed by atoms with van der Waals surface area (Å²) in [6.07, 6.45) is 5.22. The second kappa shape index (κ2) is 5.08. The van der Waals surface area contributed by atoms with E-state index < -0.39 is 0 Å². The van der Waals surface area contributed by atoms with E-state index in [9.17, 15) is 0 Å². The maximum absolute atomic E-state index is 5.35. The zero-order chi connectivity index (χ0) is 12.4. The summed E-state index contributed by atoms with van der Waals surface area (Å²) in [5.41, 5.74) is 3.49. The summed E-state index contributed by atoms with van der Waals surface area (Å²) >= 11 is 0. The summed E-state index contributed by atoms with van der Waals surface area (Å²) in [6, 6.07) is 4.17. The molecule has 0 radical (unpaired) electrons. The first-order valence-electron chi connectivity index (χ1n) is 6.56. The number of imidazole rings is 1. The van der Waals surface area contributed by atoms with Gasteiger partial charge in [-0.3, -0.25) is 4.90 Å². The first-order chi connectivity index (χ1) is 8.83. The third-order valence-electron chi connectivity index (χ3n) is 3.52. The molecule has 18 heavy (non-hydrogen) atoms. The fraction of sp³-hybridized carbons (Fsp3) is 0.500. The highest BCUT2D eigenvalue weighted by atomic mass is 16.5. The van der Waals surface area contributed by atoms with E-state index in [-0.39, 0.29) is 0 Å². The molecule has 0 amide bonds. The number of pyridine rings is 1. The molecule has 1 aliphatic heterocycles.